The van der Waals surface area contributed by atoms with Crippen LogP contribution in [-0.2, 0) is 25.7 Å². The molecule has 2 aliphatic rings. The van der Waals surface area contributed by atoms with Gasteiger partial charge < -0.3 is 10.2 Å². The van der Waals surface area contributed by atoms with Crippen LogP contribution in [-0.4, -0.2) is 31.1 Å². The Balaban J connectivity index is 0.00000196. The molecule has 140 valence electrons. The molecule has 4 rings (SSSR count). The summed E-state index contributed by atoms with van der Waals surface area (Å²) in [5.41, 5.74) is 4.09. The van der Waals surface area contributed by atoms with Gasteiger partial charge in [0.05, 0.1) is 10.7 Å². The Morgan fingerprint density at radius 3 is 2.92 bits per heavy atom. The van der Waals surface area contributed by atoms with E-state index < -0.39 is 0 Å². The summed E-state index contributed by atoms with van der Waals surface area (Å²) in [7, 11) is 1.87. The second kappa shape index (κ2) is 9.17. The summed E-state index contributed by atoms with van der Waals surface area (Å²) in [5, 5.41) is 4.85. The van der Waals surface area contributed by atoms with Gasteiger partial charge in [0.15, 0.2) is 5.96 Å². The second-order valence-corrected chi connectivity index (χ2v) is 7.96. The minimum absolute atomic E-state index is 0. The number of aliphatic imine (C=N–C) groups is 1. The van der Waals surface area contributed by atoms with Crippen molar-refractivity contribution in [3.63, 3.8) is 0 Å². The van der Waals surface area contributed by atoms with Gasteiger partial charge in [0.2, 0.25) is 0 Å². The van der Waals surface area contributed by atoms with Gasteiger partial charge in [-0.25, -0.2) is 4.98 Å². The largest absolute Gasteiger partial charge is 0.356 e. The van der Waals surface area contributed by atoms with Crippen LogP contribution in [0.25, 0.3) is 0 Å². The number of fused-ring (bicyclic) bond motifs is 2. The molecule has 1 aliphatic carbocycles. The molecule has 2 heterocycles. The lowest BCUT2D eigenvalue weighted by atomic mass is 10.0. The SMILES string of the molecule is CN=C(NCCCc1nc2c(s1)CCCC2)N1CCc2ccccc21.I. The lowest BCUT2D eigenvalue weighted by Gasteiger charge is -2.22. The Morgan fingerprint density at radius 2 is 2.08 bits per heavy atom. The third kappa shape index (κ3) is 4.22. The van der Waals surface area contributed by atoms with Gasteiger partial charge in [0, 0.05) is 37.1 Å². The zero-order chi connectivity index (χ0) is 17.1. The number of thiazole rings is 1. The first-order valence-electron chi connectivity index (χ1n) is 9.38. The van der Waals surface area contributed by atoms with Crippen molar-refractivity contribution in [3.8, 4) is 0 Å². The van der Waals surface area contributed by atoms with Gasteiger partial charge in [-0.1, -0.05) is 18.2 Å². The molecule has 6 heteroatoms. The molecular weight excluding hydrogens is 455 g/mol. The fourth-order valence-electron chi connectivity index (χ4n) is 3.81. The highest BCUT2D eigenvalue weighted by Crippen LogP contribution is 2.28. The number of para-hydroxylation sites is 1. The lowest BCUT2D eigenvalue weighted by molar-refractivity contribution is 0.678. The van der Waals surface area contributed by atoms with Crippen LogP contribution in [0.4, 0.5) is 5.69 Å². The minimum atomic E-state index is 0. The van der Waals surface area contributed by atoms with Crippen molar-refractivity contribution < 1.29 is 0 Å². The number of hydrogen-bond donors (Lipinski definition) is 1. The Morgan fingerprint density at radius 1 is 1.23 bits per heavy atom. The van der Waals surface area contributed by atoms with Gasteiger partial charge in [0.25, 0.3) is 0 Å². The number of halogens is 1. The molecular formula is C20H27IN4S. The highest BCUT2D eigenvalue weighted by atomic mass is 127. The van der Waals surface area contributed by atoms with Gasteiger partial charge >= 0.3 is 0 Å². The van der Waals surface area contributed by atoms with Crippen LogP contribution in [0.5, 0.6) is 0 Å². The number of nitrogens with one attached hydrogen (secondary N) is 1. The van der Waals surface area contributed by atoms with Crippen LogP contribution in [0.15, 0.2) is 29.3 Å². The molecule has 0 radical (unpaired) electrons. The minimum Gasteiger partial charge on any atom is -0.356 e. The molecule has 2 aromatic rings. The van der Waals surface area contributed by atoms with Gasteiger partial charge in [-0.15, -0.1) is 35.3 Å². The van der Waals surface area contributed by atoms with E-state index in [9.17, 15) is 0 Å². The zero-order valence-electron chi connectivity index (χ0n) is 15.3. The average Bonchev–Trinajstić information content (AvgIpc) is 3.25. The van der Waals surface area contributed by atoms with E-state index >= 15 is 0 Å². The molecule has 1 aromatic carbocycles. The summed E-state index contributed by atoms with van der Waals surface area (Å²) in [4.78, 5) is 13.2. The smallest absolute Gasteiger partial charge is 0.198 e. The molecule has 0 atom stereocenters. The van der Waals surface area contributed by atoms with Crippen LogP contribution in [0, 0.1) is 0 Å². The van der Waals surface area contributed by atoms with Crippen molar-refractivity contribution in [1.82, 2.24) is 10.3 Å². The third-order valence-corrected chi connectivity index (χ3v) is 6.31. The van der Waals surface area contributed by atoms with E-state index in [0.29, 0.717) is 0 Å². The summed E-state index contributed by atoms with van der Waals surface area (Å²) < 4.78 is 0. The molecule has 0 saturated heterocycles. The first-order valence-corrected chi connectivity index (χ1v) is 10.2. The van der Waals surface area contributed by atoms with Gasteiger partial charge in [0.1, 0.15) is 0 Å². The standard InChI is InChI=1S/C20H26N4S.HI/c1-21-20(24-14-12-15-7-2-4-9-17(15)24)22-13-6-11-19-23-16-8-3-5-10-18(16)25-19;/h2,4,7,9H,3,5-6,8,10-14H2,1H3,(H,21,22);1H. The summed E-state index contributed by atoms with van der Waals surface area (Å²) >= 11 is 1.94. The number of aryl methyl sites for hydroxylation is 3. The molecule has 0 saturated carbocycles. The van der Waals surface area contributed by atoms with Crippen molar-refractivity contribution in [2.45, 2.75) is 44.9 Å². The van der Waals surface area contributed by atoms with Crippen LogP contribution in [0.3, 0.4) is 0 Å². The highest BCUT2D eigenvalue weighted by Gasteiger charge is 2.22. The number of hydrogen-bond acceptors (Lipinski definition) is 3. The predicted octanol–water partition coefficient (Wildman–Crippen LogP) is 4.21. The highest BCUT2D eigenvalue weighted by molar-refractivity contribution is 14.0. The van der Waals surface area contributed by atoms with Crippen molar-refractivity contribution in [2.24, 2.45) is 4.99 Å². The predicted molar refractivity (Wildman–Crippen MR) is 121 cm³/mol. The fraction of sp³-hybridized carbons (Fsp3) is 0.500. The Labute approximate surface area is 177 Å². The molecule has 0 fully saturated rings. The number of benzene rings is 1. The number of guanidine groups is 1. The van der Waals surface area contributed by atoms with Crippen molar-refractivity contribution in [3.05, 3.63) is 45.4 Å². The van der Waals surface area contributed by atoms with E-state index in [0.717, 1.165) is 38.3 Å². The molecule has 0 spiro atoms. The molecule has 0 bridgehead atoms. The van der Waals surface area contributed by atoms with E-state index in [1.165, 1.54) is 47.6 Å². The van der Waals surface area contributed by atoms with Gasteiger partial charge in [-0.2, -0.15) is 0 Å². The first kappa shape index (κ1) is 19.6. The zero-order valence-corrected chi connectivity index (χ0v) is 18.5. The van der Waals surface area contributed by atoms with Crippen LogP contribution in [0.1, 0.15) is 40.4 Å². The van der Waals surface area contributed by atoms with Gasteiger partial charge in [-0.3, -0.25) is 4.99 Å². The van der Waals surface area contributed by atoms with Crippen molar-refractivity contribution >= 4 is 47.0 Å². The Bertz CT molecular complexity index is 747. The normalized spacial score (nSPS) is 16.0. The summed E-state index contributed by atoms with van der Waals surface area (Å²) in [5.74, 6) is 0.989. The van der Waals surface area contributed by atoms with E-state index in [4.69, 9.17) is 4.98 Å². The quantitative estimate of drug-likeness (QED) is 0.307. The molecule has 1 aliphatic heterocycles. The number of aromatic nitrogens is 1. The number of nitrogens with zero attached hydrogens (tertiary/aromatic N) is 3. The summed E-state index contributed by atoms with van der Waals surface area (Å²) in [6, 6.07) is 8.63. The van der Waals surface area contributed by atoms with Crippen LogP contribution >= 0.6 is 35.3 Å². The Kier molecular flexibility index (Phi) is 6.92. The van der Waals surface area contributed by atoms with E-state index in [2.05, 4.69) is 39.5 Å². The maximum atomic E-state index is 4.84. The fourth-order valence-corrected chi connectivity index (χ4v) is 5.00. The van der Waals surface area contributed by atoms with Crippen molar-refractivity contribution in [2.75, 3.05) is 25.0 Å². The van der Waals surface area contributed by atoms with E-state index in [-0.39, 0.29) is 24.0 Å². The molecule has 4 nitrogen and oxygen atoms in total. The first-order chi connectivity index (χ1) is 12.3. The molecule has 1 N–H and O–H groups in total. The monoisotopic (exact) mass is 482 g/mol. The molecule has 0 unspecified atom stereocenters. The number of rotatable bonds is 4. The van der Waals surface area contributed by atoms with E-state index in [1.807, 2.05) is 18.4 Å². The summed E-state index contributed by atoms with van der Waals surface area (Å²) in [6.07, 6.45) is 8.34. The van der Waals surface area contributed by atoms with E-state index in [1.54, 1.807) is 4.88 Å². The van der Waals surface area contributed by atoms with Crippen LogP contribution < -0.4 is 10.2 Å². The van der Waals surface area contributed by atoms with Crippen molar-refractivity contribution in [1.29, 1.82) is 0 Å². The summed E-state index contributed by atoms with van der Waals surface area (Å²) in [6.45, 7) is 1.95. The Hall–Kier alpha value is -1.15. The van der Waals surface area contributed by atoms with Gasteiger partial charge in [-0.05, 0) is 50.2 Å². The van der Waals surface area contributed by atoms with Crippen LogP contribution in [0.2, 0.25) is 0 Å². The lowest BCUT2D eigenvalue weighted by Crippen LogP contribution is -2.41. The molecule has 0 amide bonds. The average molecular weight is 482 g/mol. The third-order valence-electron chi connectivity index (χ3n) is 5.10. The number of anilines is 1. The molecule has 26 heavy (non-hydrogen) atoms. The maximum absolute atomic E-state index is 4.84. The maximum Gasteiger partial charge on any atom is 0.198 e. The second-order valence-electron chi connectivity index (χ2n) is 6.79. The molecule has 1 aromatic heterocycles. The topological polar surface area (TPSA) is 40.5 Å².